The van der Waals surface area contributed by atoms with Crippen LogP contribution in [0.1, 0.15) is 47.4 Å². The summed E-state index contributed by atoms with van der Waals surface area (Å²) in [6.07, 6.45) is 2.86. The summed E-state index contributed by atoms with van der Waals surface area (Å²) in [7, 11) is 1.29. The molecule has 0 unspecified atom stereocenters. The summed E-state index contributed by atoms with van der Waals surface area (Å²) in [6, 6.07) is 4.81. The number of benzene rings is 1. The topological polar surface area (TPSA) is 72.6 Å². The second-order valence-corrected chi connectivity index (χ2v) is 6.02. The van der Waals surface area contributed by atoms with Crippen LogP contribution in [-0.2, 0) is 4.74 Å². The second-order valence-electron chi connectivity index (χ2n) is 5.58. The van der Waals surface area contributed by atoms with E-state index >= 15 is 0 Å². The average Bonchev–Trinajstić information content (AvgIpc) is 3.31. The quantitative estimate of drug-likeness (QED) is 0.763. The Morgan fingerprint density at radius 2 is 2.12 bits per heavy atom. The standard InChI is InChI=1S/C17H17ClN2O4/c1-3-20(17(22)23-2)14-8-11(18)6-7-12(14)15(21)13-9-19-24-16(13)10-4-5-10/h6-10H,3-5H2,1-2H3. The van der Waals surface area contributed by atoms with E-state index in [1.807, 2.05) is 0 Å². The molecular formula is C17H17ClN2O4. The Morgan fingerprint density at radius 1 is 1.38 bits per heavy atom. The number of methoxy groups -OCH3 is 1. The first kappa shape index (κ1) is 16.5. The van der Waals surface area contributed by atoms with Gasteiger partial charge in [-0.1, -0.05) is 16.8 Å². The van der Waals surface area contributed by atoms with E-state index < -0.39 is 6.09 Å². The number of carbonyl (C=O) groups is 2. The van der Waals surface area contributed by atoms with Crippen LogP contribution in [0.25, 0.3) is 0 Å². The Labute approximate surface area is 144 Å². The Kier molecular flexibility index (Phi) is 4.57. The Morgan fingerprint density at radius 3 is 2.75 bits per heavy atom. The number of amides is 1. The van der Waals surface area contributed by atoms with Crippen molar-refractivity contribution in [3.8, 4) is 0 Å². The molecule has 0 atom stereocenters. The van der Waals surface area contributed by atoms with Crippen molar-refractivity contribution in [2.24, 2.45) is 0 Å². The molecule has 24 heavy (non-hydrogen) atoms. The molecule has 0 N–H and O–H groups in total. The van der Waals surface area contributed by atoms with E-state index in [2.05, 4.69) is 5.16 Å². The molecule has 0 saturated heterocycles. The maximum atomic E-state index is 13.0. The monoisotopic (exact) mass is 348 g/mol. The van der Waals surface area contributed by atoms with E-state index in [1.54, 1.807) is 25.1 Å². The summed E-state index contributed by atoms with van der Waals surface area (Å²) in [6.45, 7) is 2.13. The minimum atomic E-state index is -0.554. The van der Waals surface area contributed by atoms with Crippen molar-refractivity contribution in [1.29, 1.82) is 0 Å². The summed E-state index contributed by atoms with van der Waals surface area (Å²) in [5.74, 6) is 0.624. The largest absolute Gasteiger partial charge is 0.452 e. The highest BCUT2D eigenvalue weighted by atomic mass is 35.5. The number of halogens is 1. The van der Waals surface area contributed by atoms with Crippen molar-refractivity contribution in [3.05, 3.63) is 46.3 Å². The highest BCUT2D eigenvalue weighted by Crippen LogP contribution is 2.42. The van der Waals surface area contributed by atoms with Crippen molar-refractivity contribution >= 4 is 29.2 Å². The van der Waals surface area contributed by atoms with Gasteiger partial charge in [0.2, 0.25) is 0 Å². The lowest BCUT2D eigenvalue weighted by atomic mass is 10.0. The molecule has 126 valence electrons. The number of rotatable bonds is 5. The molecule has 1 aliphatic carbocycles. The number of nitrogens with zero attached hydrogens (tertiary/aromatic N) is 2. The molecule has 1 saturated carbocycles. The Balaban J connectivity index is 2.05. The molecule has 1 aromatic heterocycles. The van der Waals surface area contributed by atoms with Crippen LogP contribution in [0.2, 0.25) is 5.02 Å². The zero-order valence-corrected chi connectivity index (χ0v) is 14.2. The highest BCUT2D eigenvalue weighted by molar-refractivity contribution is 6.31. The summed E-state index contributed by atoms with van der Waals surface area (Å²) >= 11 is 6.07. The van der Waals surface area contributed by atoms with Gasteiger partial charge < -0.3 is 9.26 Å². The minimum absolute atomic E-state index is 0.243. The molecule has 1 fully saturated rings. The van der Waals surface area contributed by atoms with E-state index in [-0.39, 0.29) is 11.7 Å². The van der Waals surface area contributed by atoms with E-state index in [0.717, 1.165) is 12.8 Å². The SMILES string of the molecule is CCN(C(=O)OC)c1cc(Cl)ccc1C(=O)c1cnoc1C1CC1. The molecule has 3 rings (SSSR count). The highest BCUT2D eigenvalue weighted by Gasteiger charge is 2.33. The number of ether oxygens (including phenoxy) is 1. The van der Waals surface area contributed by atoms with Crippen molar-refractivity contribution < 1.29 is 18.8 Å². The fraction of sp³-hybridized carbons (Fsp3) is 0.353. The van der Waals surface area contributed by atoms with E-state index in [1.165, 1.54) is 18.2 Å². The minimum Gasteiger partial charge on any atom is -0.452 e. The molecule has 1 heterocycles. The molecule has 0 radical (unpaired) electrons. The normalized spacial score (nSPS) is 13.6. The lowest BCUT2D eigenvalue weighted by molar-refractivity contribution is 0.103. The van der Waals surface area contributed by atoms with Gasteiger partial charge in [0.05, 0.1) is 24.6 Å². The van der Waals surface area contributed by atoms with Crippen LogP contribution in [0.4, 0.5) is 10.5 Å². The maximum Gasteiger partial charge on any atom is 0.414 e. The number of hydrogen-bond donors (Lipinski definition) is 0. The van der Waals surface area contributed by atoms with E-state index in [9.17, 15) is 9.59 Å². The van der Waals surface area contributed by atoms with E-state index in [4.69, 9.17) is 20.9 Å². The smallest absolute Gasteiger partial charge is 0.414 e. The summed E-state index contributed by atoms with van der Waals surface area (Å²) < 4.78 is 10.0. The molecule has 1 aliphatic rings. The van der Waals surface area contributed by atoms with Gasteiger partial charge in [0.1, 0.15) is 0 Å². The summed E-state index contributed by atoms with van der Waals surface area (Å²) in [5.41, 5.74) is 1.20. The Hall–Kier alpha value is -2.34. The van der Waals surface area contributed by atoms with Crippen molar-refractivity contribution in [1.82, 2.24) is 5.16 Å². The van der Waals surface area contributed by atoms with Crippen LogP contribution in [0.15, 0.2) is 28.9 Å². The fourth-order valence-electron chi connectivity index (χ4n) is 2.63. The van der Waals surface area contributed by atoms with Crippen LogP contribution in [0, 0.1) is 0 Å². The molecule has 0 bridgehead atoms. The molecule has 0 aliphatic heterocycles. The molecule has 7 heteroatoms. The van der Waals surface area contributed by atoms with Gasteiger partial charge in [-0.15, -0.1) is 0 Å². The first-order chi connectivity index (χ1) is 11.6. The zero-order valence-electron chi connectivity index (χ0n) is 13.4. The number of carbonyl (C=O) groups excluding carboxylic acids is 2. The second kappa shape index (κ2) is 6.65. The predicted molar refractivity (Wildman–Crippen MR) is 88.8 cm³/mol. The third-order valence-corrected chi connectivity index (χ3v) is 4.23. The van der Waals surface area contributed by atoms with Crippen LogP contribution >= 0.6 is 11.6 Å². The van der Waals surface area contributed by atoms with Crippen LogP contribution in [0.5, 0.6) is 0 Å². The van der Waals surface area contributed by atoms with Gasteiger partial charge >= 0.3 is 6.09 Å². The molecule has 6 nitrogen and oxygen atoms in total. The van der Waals surface area contributed by atoms with Crippen LogP contribution in [0.3, 0.4) is 0 Å². The van der Waals surface area contributed by atoms with Crippen LogP contribution < -0.4 is 4.90 Å². The third-order valence-electron chi connectivity index (χ3n) is 4.00. The molecule has 2 aromatic rings. The zero-order chi connectivity index (χ0) is 17.3. The molecule has 1 aromatic carbocycles. The van der Waals surface area contributed by atoms with Gasteiger partial charge in [0, 0.05) is 23.0 Å². The first-order valence-corrected chi connectivity index (χ1v) is 8.08. The first-order valence-electron chi connectivity index (χ1n) is 7.71. The Bertz CT molecular complexity index is 783. The van der Waals surface area contributed by atoms with Gasteiger partial charge in [0.15, 0.2) is 11.5 Å². The van der Waals surface area contributed by atoms with E-state index in [0.29, 0.717) is 34.1 Å². The number of aromatic nitrogens is 1. The van der Waals surface area contributed by atoms with Crippen LogP contribution in [-0.4, -0.2) is 30.7 Å². The maximum absolute atomic E-state index is 13.0. The van der Waals surface area contributed by atoms with Gasteiger partial charge in [0.25, 0.3) is 0 Å². The molecular weight excluding hydrogens is 332 g/mol. The lowest BCUT2D eigenvalue weighted by Gasteiger charge is -2.22. The summed E-state index contributed by atoms with van der Waals surface area (Å²) in [4.78, 5) is 26.4. The van der Waals surface area contributed by atoms with Crippen molar-refractivity contribution in [2.45, 2.75) is 25.7 Å². The molecule has 0 spiro atoms. The van der Waals surface area contributed by atoms with Crippen molar-refractivity contribution in [3.63, 3.8) is 0 Å². The van der Waals surface area contributed by atoms with Gasteiger partial charge in [-0.3, -0.25) is 9.69 Å². The fourth-order valence-corrected chi connectivity index (χ4v) is 2.80. The third kappa shape index (κ3) is 3.01. The lowest BCUT2D eigenvalue weighted by Crippen LogP contribution is -2.31. The predicted octanol–water partition coefficient (Wildman–Crippen LogP) is 4.03. The number of hydrogen-bond acceptors (Lipinski definition) is 5. The summed E-state index contributed by atoms with van der Waals surface area (Å²) in [5, 5.41) is 4.19. The molecule has 1 amide bonds. The van der Waals surface area contributed by atoms with Crippen molar-refractivity contribution in [2.75, 3.05) is 18.6 Å². The average molecular weight is 349 g/mol. The van der Waals surface area contributed by atoms with Gasteiger partial charge in [-0.2, -0.15) is 0 Å². The van der Waals surface area contributed by atoms with Gasteiger partial charge in [-0.25, -0.2) is 4.79 Å². The number of ketones is 1. The number of anilines is 1. The van der Waals surface area contributed by atoms with Gasteiger partial charge in [-0.05, 0) is 38.0 Å².